The Morgan fingerprint density at radius 3 is 1.54 bits per heavy atom. The number of carbonyl (C=O) groups excluding carboxylic acids is 1. The summed E-state index contributed by atoms with van der Waals surface area (Å²) in [5, 5.41) is 0. The molecule has 0 amide bonds. The van der Waals surface area contributed by atoms with Crippen LogP contribution in [0.2, 0.25) is 0 Å². The maximum absolute atomic E-state index is 12.7. The van der Waals surface area contributed by atoms with Gasteiger partial charge in [-0.05, 0) is 44.9 Å². The number of phosphoric ester groups is 1. The lowest BCUT2D eigenvalue weighted by atomic mass is 10.0. The lowest BCUT2D eigenvalue weighted by Crippen LogP contribution is -2.37. The van der Waals surface area contributed by atoms with Crippen molar-refractivity contribution in [2.75, 3.05) is 54.1 Å². The lowest BCUT2D eigenvalue weighted by molar-refractivity contribution is -0.870. The molecule has 0 spiro atoms. The summed E-state index contributed by atoms with van der Waals surface area (Å²) in [5.41, 5.74) is 0. The second-order valence-electron chi connectivity index (χ2n) is 16.4. The minimum Gasteiger partial charge on any atom is -0.756 e. The van der Waals surface area contributed by atoms with Crippen molar-refractivity contribution in [3.05, 3.63) is 24.3 Å². The lowest BCUT2D eigenvalue weighted by Gasteiger charge is -2.28. The topological polar surface area (TPSA) is 94.1 Å². The summed E-state index contributed by atoms with van der Waals surface area (Å²) in [6, 6.07) is 0. The monoisotopic (exact) mass is 786 g/mol. The van der Waals surface area contributed by atoms with Crippen LogP contribution in [0.5, 0.6) is 0 Å². The van der Waals surface area contributed by atoms with Crippen LogP contribution in [-0.4, -0.2) is 70.7 Å². The molecule has 0 rings (SSSR count). The van der Waals surface area contributed by atoms with Crippen molar-refractivity contribution in [2.24, 2.45) is 0 Å². The van der Waals surface area contributed by atoms with Crippen LogP contribution in [0.25, 0.3) is 0 Å². The summed E-state index contributed by atoms with van der Waals surface area (Å²) in [4.78, 5) is 25.1. The standard InChI is InChI=1S/C45H88NO7P/c1-6-8-10-12-14-16-18-20-22-24-26-28-30-32-34-36-38-45(47)53-44(43-52-54(48,49)51-41-39-46(3,4)5)42-50-40-37-35-33-31-29-27-25-23-21-19-17-15-13-11-9-7-2/h15,17,21,23,44H,6-14,16,18-20,22,24-43H2,1-5H3/b17-15-,23-21-. The van der Waals surface area contributed by atoms with Crippen LogP contribution in [-0.2, 0) is 27.9 Å². The molecule has 0 aliphatic rings. The Balaban J connectivity index is 4.22. The average Bonchev–Trinajstić information content (AvgIpc) is 3.12. The van der Waals surface area contributed by atoms with E-state index in [1.807, 2.05) is 21.1 Å². The molecule has 9 heteroatoms. The number of allylic oxidation sites excluding steroid dienone is 4. The number of hydrogen-bond donors (Lipinski definition) is 0. The molecule has 0 fully saturated rings. The number of unbranched alkanes of at least 4 members (excludes halogenated alkanes) is 24. The quantitative estimate of drug-likeness (QED) is 0.0200. The molecule has 0 aromatic rings. The number of phosphoric acid groups is 1. The van der Waals surface area contributed by atoms with Gasteiger partial charge in [-0.2, -0.15) is 0 Å². The molecule has 54 heavy (non-hydrogen) atoms. The number of carbonyl (C=O) groups is 1. The van der Waals surface area contributed by atoms with Gasteiger partial charge in [-0.25, -0.2) is 0 Å². The van der Waals surface area contributed by atoms with E-state index in [2.05, 4.69) is 38.2 Å². The minimum absolute atomic E-state index is 0.0258. The fourth-order valence-corrected chi connectivity index (χ4v) is 6.95. The highest BCUT2D eigenvalue weighted by Gasteiger charge is 2.20. The zero-order valence-electron chi connectivity index (χ0n) is 36.2. The molecule has 8 nitrogen and oxygen atoms in total. The minimum atomic E-state index is -4.52. The van der Waals surface area contributed by atoms with E-state index in [-0.39, 0.29) is 25.8 Å². The van der Waals surface area contributed by atoms with Crippen LogP contribution >= 0.6 is 7.82 Å². The molecule has 0 saturated heterocycles. The summed E-state index contributed by atoms with van der Waals surface area (Å²) in [6.45, 7) is 5.39. The molecular formula is C45H88NO7P. The van der Waals surface area contributed by atoms with Gasteiger partial charge in [0.1, 0.15) is 19.3 Å². The van der Waals surface area contributed by atoms with Gasteiger partial charge in [-0.15, -0.1) is 0 Å². The van der Waals surface area contributed by atoms with Crippen LogP contribution in [0.1, 0.15) is 200 Å². The predicted octanol–water partition coefficient (Wildman–Crippen LogP) is 12.6. The van der Waals surface area contributed by atoms with E-state index in [4.69, 9.17) is 18.5 Å². The number of hydrogen-bond acceptors (Lipinski definition) is 7. The maximum atomic E-state index is 12.7. The van der Waals surface area contributed by atoms with E-state index in [1.54, 1.807) is 0 Å². The third-order valence-electron chi connectivity index (χ3n) is 9.76. The van der Waals surface area contributed by atoms with Gasteiger partial charge in [0.15, 0.2) is 0 Å². The summed E-state index contributed by atoms with van der Waals surface area (Å²) in [5.74, 6) is -0.335. The molecule has 0 saturated carbocycles. The van der Waals surface area contributed by atoms with E-state index < -0.39 is 13.9 Å². The molecule has 320 valence electrons. The molecule has 0 aromatic heterocycles. The maximum Gasteiger partial charge on any atom is 0.306 e. The molecule has 0 N–H and O–H groups in total. The van der Waals surface area contributed by atoms with Gasteiger partial charge in [0.05, 0.1) is 34.4 Å². The second-order valence-corrected chi connectivity index (χ2v) is 17.8. The van der Waals surface area contributed by atoms with E-state index in [9.17, 15) is 14.3 Å². The number of likely N-dealkylation sites (N-methyl/N-ethyl adjacent to an activating group) is 1. The Morgan fingerprint density at radius 2 is 1.02 bits per heavy atom. The highest BCUT2D eigenvalue weighted by Crippen LogP contribution is 2.38. The van der Waals surface area contributed by atoms with Gasteiger partial charge in [-0.3, -0.25) is 9.36 Å². The van der Waals surface area contributed by atoms with Crippen LogP contribution in [0, 0.1) is 0 Å². The van der Waals surface area contributed by atoms with Crippen LogP contribution in [0.4, 0.5) is 0 Å². The smallest absolute Gasteiger partial charge is 0.306 e. The number of nitrogens with zero attached hydrogens (tertiary/aromatic N) is 1. The van der Waals surface area contributed by atoms with Gasteiger partial charge in [0.2, 0.25) is 0 Å². The first-order valence-corrected chi connectivity index (χ1v) is 24.0. The van der Waals surface area contributed by atoms with Crippen molar-refractivity contribution in [3.63, 3.8) is 0 Å². The number of quaternary nitrogens is 1. The fourth-order valence-electron chi connectivity index (χ4n) is 6.22. The molecule has 0 bridgehead atoms. The van der Waals surface area contributed by atoms with E-state index in [0.717, 1.165) is 44.9 Å². The molecule has 0 radical (unpaired) electrons. The first-order chi connectivity index (χ1) is 26.1. The third kappa shape index (κ3) is 42.1. The molecule has 2 unspecified atom stereocenters. The van der Waals surface area contributed by atoms with Crippen molar-refractivity contribution < 1.29 is 37.3 Å². The average molecular weight is 786 g/mol. The van der Waals surface area contributed by atoms with Gasteiger partial charge in [0.25, 0.3) is 7.82 Å². The third-order valence-corrected chi connectivity index (χ3v) is 10.7. The Bertz CT molecular complexity index is 920. The Labute approximate surface area is 334 Å². The fraction of sp³-hybridized carbons (Fsp3) is 0.889. The molecule has 0 aliphatic heterocycles. The zero-order valence-corrected chi connectivity index (χ0v) is 37.1. The van der Waals surface area contributed by atoms with E-state index in [1.165, 1.54) is 135 Å². The Hall–Kier alpha value is -1.02. The highest BCUT2D eigenvalue weighted by atomic mass is 31.2. The SMILES string of the molecule is CCCCC/C=C\C/C=C\CCCCCCCCOCC(COP(=O)([O-])OCC[N+](C)(C)C)OC(=O)CCCCCCCCCCCCCCCCCC. The Kier molecular flexibility index (Phi) is 38.1. The summed E-state index contributed by atoms with van der Waals surface area (Å²) in [7, 11) is 1.36. The number of rotatable bonds is 42. The Morgan fingerprint density at radius 1 is 0.574 bits per heavy atom. The number of esters is 1. The molecular weight excluding hydrogens is 697 g/mol. The van der Waals surface area contributed by atoms with E-state index in [0.29, 0.717) is 24.1 Å². The normalized spacial score (nSPS) is 14.0. The largest absolute Gasteiger partial charge is 0.756 e. The molecule has 0 aliphatic carbocycles. The van der Waals surface area contributed by atoms with Gasteiger partial charge in [0, 0.05) is 13.0 Å². The van der Waals surface area contributed by atoms with E-state index >= 15 is 0 Å². The number of ether oxygens (including phenoxy) is 2. The van der Waals surface area contributed by atoms with Crippen molar-refractivity contribution >= 4 is 13.8 Å². The summed E-state index contributed by atoms with van der Waals surface area (Å²) < 4.78 is 34.6. The van der Waals surface area contributed by atoms with Gasteiger partial charge >= 0.3 is 5.97 Å². The second kappa shape index (κ2) is 38.8. The summed E-state index contributed by atoms with van der Waals surface area (Å²) >= 11 is 0. The van der Waals surface area contributed by atoms with Crippen LogP contribution in [0.3, 0.4) is 0 Å². The van der Waals surface area contributed by atoms with Crippen molar-refractivity contribution in [1.82, 2.24) is 0 Å². The zero-order chi connectivity index (χ0) is 39.9. The van der Waals surface area contributed by atoms with Crippen LogP contribution in [0.15, 0.2) is 24.3 Å². The van der Waals surface area contributed by atoms with Crippen molar-refractivity contribution in [1.29, 1.82) is 0 Å². The summed E-state index contributed by atoms with van der Waals surface area (Å²) in [6.07, 6.45) is 43.2. The highest BCUT2D eigenvalue weighted by molar-refractivity contribution is 7.45. The molecule has 0 aromatic carbocycles. The first kappa shape index (κ1) is 53.0. The molecule has 0 heterocycles. The van der Waals surface area contributed by atoms with Gasteiger partial charge in [-0.1, -0.05) is 173 Å². The first-order valence-electron chi connectivity index (χ1n) is 22.6. The van der Waals surface area contributed by atoms with Crippen LogP contribution < -0.4 is 4.89 Å². The van der Waals surface area contributed by atoms with Crippen molar-refractivity contribution in [2.45, 2.75) is 206 Å². The molecule has 2 atom stereocenters. The van der Waals surface area contributed by atoms with Gasteiger partial charge < -0.3 is 27.9 Å². The van der Waals surface area contributed by atoms with Crippen molar-refractivity contribution in [3.8, 4) is 0 Å². The predicted molar refractivity (Wildman–Crippen MR) is 227 cm³/mol.